The summed E-state index contributed by atoms with van der Waals surface area (Å²) in [7, 11) is -3.61. The summed E-state index contributed by atoms with van der Waals surface area (Å²) in [5.74, 6) is 0.251. The highest BCUT2D eigenvalue weighted by Gasteiger charge is 2.46. The van der Waals surface area contributed by atoms with Crippen molar-refractivity contribution in [3.63, 3.8) is 0 Å². The molecule has 0 bridgehead atoms. The maximum Gasteiger partial charge on any atom is 0.317 e. The summed E-state index contributed by atoms with van der Waals surface area (Å²) < 4.78 is 33.0. The lowest BCUT2D eigenvalue weighted by atomic mass is 9.74. The van der Waals surface area contributed by atoms with Gasteiger partial charge in [0.15, 0.2) is 0 Å². The van der Waals surface area contributed by atoms with Crippen molar-refractivity contribution in [2.24, 2.45) is 0 Å². The molecule has 1 aliphatic heterocycles. The fraction of sp³-hybridized carbons (Fsp3) is 0.464. The van der Waals surface area contributed by atoms with Crippen LogP contribution in [0.5, 0.6) is 5.88 Å². The maximum absolute atomic E-state index is 14.0. The predicted octanol–water partition coefficient (Wildman–Crippen LogP) is 2.72. The molecule has 0 unspecified atom stereocenters. The van der Waals surface area contributed by atoms with Crippen molar-refractivity contribution < 1.29 is 22.7 Å². The Bertz CT molecular complexity index is 1570. The number of piperidine rings is 1. The molecule has 0 spiro atoms. The van der Waals surface area contributed by atoms with Gasteiger partial charge >= 0.3 is 6.03 Å². The van der Waals surface area contributed by atoms with Crippen LogP contribution >= 0.6 is 0 Å². The van der Waals surface area contributed by atoms with Crippen LogP contribution in [-0.4, -0.2) is 81.2 Å². The number of hydrogen-bond donors (Lipinski definition) is 3. The van der Waals surface area contributed by atoms with Gasteiger partial charge in [-0.1, -0.05) is 0 Å². The van der Waals surface area contributed by atoms with E-state index in [0.29, 0.717) is 61.2 Å². The molecule has 0 atom stereocenters. The number of likely N-dealkylation sites (tertiary alicyclic amines) is 1. The van der Waals surface area contributed by atoms with Crippen molar-refractivity contribution >= 4 is 33.7 Å². The maximum atomic E-state index is 14.0. The van der Waals surface area contributed by atoms with Crippen LogP contribution in [0, 0.1) is 0 Å². The monoisotopic (exact) mass is 609 g/mol. The first kappa shape index (κ1) is 30.1. The number of anilines is 2. The van der Waals surface area contributed by atoms with Crippen LogP contribution in [0.25, 0.3) is 11.3 Å². The molecule has 43 heavy (non-hydrogen) atoms. The molecular formula is C28H35N9O5S. The number of urea groups is 1. The van der Waals surface area contributed by atoms with Crippen molar-refractivity contribution in [3.8, 4) is 17.1 Å². The van der Waals surface area contributed by atoms with Crippen LogP contribution in [0.15, 0.2) is 43.0 Å². The van der Waals surface area contributed by atoms with E-state index in [1.807, 2.05) is 20.8 Å². The topological polar surface area (TPSA) is 181 Å². The summed E-state index contributed by atoms with van der Waals surface area (Å²) in [5, 5.41) is 5.33. The summed E-state index contributed by atoms with van der Waals surface area (Å²) in [4.78, 5) is 50.0. The minimum Gasteiger partial charge on any atom is -0.477 e. The van der Waals surface area contributed by atoms with Gasteiger partial charge in [-0.2, -0.15) is 0 Å². The third-order valence-corrected chi connectivity index (χ3v) is 9.12. The predicted molar refractivity (Wildman–Crippen MR) is 159 cm³/mol. The van der Waals surface area contributed by atoms with E-state index in [1.165, 1.54) is 12.4 Å². The van der Waals surface area contributed by atoms with Gasteiger partial charge in [0, 0.05) is 37.1 Å². The lowest BCUT2D eigenvalue weighted by molar-refractivity contribution is -0.123. The van der Waals surface area contributed by atoms with Gasteiger partial charge < -0.3 is 20.3 Å². The molecule has 3 aromatic heterocycles. The molecule has 3 N–H and O–H groups in total. The van der Waals surface area contributed by atoms with E-state index in [1.54, 1.807) is 35.5 Å². The van der Waals surface area contributed by atoms with Gasteiger partial charge in [-0.05, 0) is 64.7 Å². The minimum atomic E-state index is -3.61. The first-order chi connectivity index (χ1) is 20.6. The average Bonchev–Trinajstić information content (AvgIpc) is 3.84. The summed E-state index contributed by atoms with van der Waals surface area (Å²) in [6.07, 6.45) is 7.84. The number of aromatic nitrogens is 5. The molecule has 1 saturated carbocycles. The Morgan fingerprint density at radius 2 is 1.84 bits per heavy atom. The molecule has 1 aliphatic carbocycles. The van der Waals surface area contributed by atoms with Crippen molar-refractivity contribution in [2.75, 3.05) is 29.7 Å². The molecule has 3 amide bonds. The number of amides is 3. The Kier molecular flexibility index (Phi) is 8.71. The van der Waals surface area contributed by atoms with Crippen molar-refractivity contribution in [3.05, 3.63) is 48.7 Å². The van der Waals surface area contributed by atoms with Gasteiger partial charge in [0.05, 0.1) is 41.1 Å². The highest BCUT2D eigenvalue weighted by atomic mass is 32.2. The molecule has 0 aromatic carbocycles. The SMILES string of the molecule is CCOc1cncc(-c2ccc(NC(=O)C3(c4ccnc(NS(=O)(=O)C5CC5)n4)CCN(C(=O)NC(C)C)CC3)nc2)n1. The third-order valence-electron chi connectivity index (χ3n) is 7.30. The first-order valence-corrected chi connectivity index (χ1v) is 15.8. The van der Waals surface area contributed by atoms with Crippen molar-refractivity contribution in [1.82, 2.24) is 35.1 Å². The molecule has 14 nitrogen and oxygen atoms in total. The van der Waals surface area contributed by atoms with E-state index >= 15 is 0 Å². The van der Waals surface area contributed by atoms with Crippen LogP contribution in [-0.2, 0) is 20.2 Å². The van der Waals surface area contributed by atoms with E-state index in [2.05, 4.69) is 40.3 Å². The van der Waals surface area contributed by atoms with E-state index in [9.17, 15) is 18.0 Å². The van der Waals surface area contributed by atoms with Crippen LogP contribution in [0.1, 0.15) is 52.1 Å². The van der Waals surface area contributed by atoms with Gasteiger partial charge in [0.2, 0.25) is 27.8 Å². The van der Waals surface area contributed by atoms with Gasteiger partial charge in [0.1, 0.15) is 5.82 Å². The Balaban J connectivity index is 1.39. The number of rotatable bonds is 10. The lowest BCUT2D eigenvalue weighted by Crippen LogP contribution is -2.54. The Morgan fingerprint density at radius 3 is 2.49 bits per heavy atom. The summed E-state index contributed by atoms with van der Waals surface area (Å²) in [5.41, 5.74) is 0.447. The number of carbonyl (C=O) groups excluding carboxylic acids is 2. The zero-order valence-corrected chi connectivity index (χ0v) is 25.1. The van der Waals surface area contributed by atoms with E-state index < -0.39 is 20.7 Å². The summed E-state index contributed by atoms with van der Waals surface area (Å²) in [6.45, 7) is 6.67. The van der Waals surface area contributed by atoms with E-state index in [0.717, 1.165) is 0 Å². The van der Waals surface area contributed by atoms with Gasteiger partial charge in [0.25, 0.3) is 0 Å². The van der Waals surface area contributed by atoms with Crippen LogP contribution in [0.2, 0.25) is 0 Å². The lowest BCUT2D eigenvalue weighted by Gasteiger charge is -2.40. The summed E-state index contributed by atoms with van der Waals surface area (Å²) in [6, 6.07) is 4.80. The summed E-state index contributed by atoms with van der Waals surface area (Å²) >= 11 is 0. The number of nitrogens with one attached hydrogen (secondary N) is 3. The molecule has 1 saturated heterocycles. The number of carbonyl (C=O) groups is 2. The van der Waals surface area contributed by atoms with Crippen LogP contribution < -0.4 is 20.1 Å². The largest absolute Gasteiger partial charge is 0.477 e. The Morgan fingerprint density at radius 1 is 1.07 bits per heavy atom. The third kappa shape index (κ3) is 6.98. The van der Waals surface area contributed by atoms with E-state index in [4.69, 9.17) is 4.74 Å². The number of nitrogens with zero attached hydrogens (tertiary/aromatic N) is 6. The van der Waals surface area contributed by atoms with Crippen molar-refractivity contribution in [2.45, 2.75) is 63.2 Å². The quantitative estimate of drug-likeness (QED) is 0.309. The zero-order valence-electron chi connectivity index (χ0n) is 24.3. The first-order valence-electron chi connectivity index (χ1n) is 14.2. The Labute approximate surface area is 250 Å². The fourth-order valence-corrected chi connectivity index (χ4v) is 6.13. The normalized spacial score (nSPS) is 16.4. The molecule has 3 aromatic rings. The number of pyridine rings is 1. The highest BCUT2D eigenvalue weighted by molar-refractivity contribution is 7.93. The van der Waals surface area contributed by atoms with Crippen molar-refractivity contribution in [1.29, 1.82) is 0 Å². The van der Waals surface area contributed by atoms with Gasteiger partial charge in [-0.15, -0.1) is 0 Å². The highest BCUT2D eigenvalue weighted by Crippen LogP contribution is 2.37. The molecule has 5 rings (SSSR count). The zero-order chi connectivity index (χ0) is 30.6. The molecule has 4 heterocycles. The molecule has 15 heteroatoms. The average molecular weight is 610 g/mol. The number of hydrogen-bond acceptors (Lipinski definition) is 10. The molecular weight excluding hydrogens is 574 g/mol. The Hall–Kier alpha value is -4.40. The molecule has 228 valence electrons. The van der Waals surface area contributed by atoms with Crippen LogP contribution in [0.3, 0.4) is 0 Å². The number of sulfonamides is 1. The number of ether oxygens (including phenoxy) is 1. The van der Waals surface area contributed by atoms with Crippen LogP contribution in [0.4, 0.5) is 16.6 Å². The van der Waals surface area contributed by atoms with Gasteiger partial charge in [-0.3, -0.25) is 14.5 Å². The molecule has 0 radical (unpaired) electrons. The van der Waals surface area contributed by atoms with Gasteiger partial charge in [-0.25, -0.2) is 33.1 Å². The standard InChI is InChI=1S/C28H35N9O5S/c1-4-42-24-17-29-16-21(33-24)19-5-8-23(31-15-19)35-25(38)28(10-13-37(14-11-28)27(39)32-18(2)3)22-9-12-30-26(34-22)36-43(40,41)20-6-7-20/h5,8-9,12,15-18,20H,4,6-7,10-11,13-14H2,1-3H3,(H,32,39)(H,30,34,36)(H,31,35,38). The minimum absolute atomic E-state index is 0.0342. The van der Waals surface area contributed by atoms with E-state index in [-0.39, 0.29) is 36.8 Å². The fourth-order valence-electron chi connectivity index (χ4n) is 4.85. The second-order valence-corrected chi connectivity index (χ2v) is 12.8. The molecule has 2 fully saturated rings. The molecule has 2 aliphatic rings. The second-order valence-electron chi connectivity index (χ2n) is 10.8. The smallest absolute Gasteiger partial charge is 0.317 e. The second kappa shape index (κ2) is 12.5.